The maximum absolute atomic E-state index is 12.9. The number of sulfonamides is 1. The molecule has 0 radical (unpaired) electrons. The van der Waals surface area contributed by atoms with Crippen molar-refractivity contribution in [3.63, 3.8) is 0 Å². The number of nitrogens with zero attached hydrogens (tertiary/aromatic N) is 2. The van der Waals surface area contributed by atoms with Crippen molar-refractivity contribution in [3.05, 3.63) is 29.3 Å². The van der Waals surface area contributed by atoms with Crippen molar-refractivity contribution >= 4 is 15.9 Å². The van der Waals surface area contributed by atoms with Gasteiger partial charge in [-0.1, -0.05) is 6.07 Å². The van der Waals surface area contributed by atoms with Crippen molar-refractivity contribution in [1.29, 1.82) is 0 Å². The molecule has 1 amide bonds. The van der Waals surface area contributed by atoms with Crippen LogP contribution in [0, 0.1) is 19.8 Å². The Hall–Kier alpha value is -1.48. The van der Waals surface area contributed by atoms with Gasteiger partial charge in [-0.05, 0) is 49.9 Å². The number of carbonyl (C=O) groups excluding carboxylic acids is 1. The van der Waals surface area contributed by atoms with Gasteiger partial charge in [-0.25, -0.2) is 8.42 Å². The van der Waals surface area contributed by atoms with Crippen molar-refractivity contribution in [2.45, 2.75) is 31.6 Å². The number of piperidine rings is 1. The molecular formula is C20H32N2O5S. The summed E-state index contributed by atoms with van der Waals surface area (Å²) in [5, 5.41) is 0. The van der Waals surface area contributed by atoms with Gasteiger partial charge in [-0.3, -0.25) is 4.79 Å². The topological polar surface area (TPSA) is 76.2 Å². The fraction of sp³-hybridized carbons (Fsp3) is 0.650. The molecule has 0 N–H and O–H groups in total. The van der Waals surface area contributed by atoms with Gasteiger partial charge in [-0.15, -0.1) is 0 Å². The maximum Gasteiger partial charge on any atom is 0.243 e. The summed E-state index contributed by atoms with van der Waals surface area (Å²) in [4.78, 5) is 14.9. The normalized spacial score (nSPS) is 16.3. The molecule has 0 bridgehead atoms. The lowest BCUT2D eigenvalue weighted by atomic mass is 9.96. The third-order valence-corrected chi connectivity index (χ3v) is 7.26. The largest absolute Gasteiger partial charge is 0.383 e. The molecule has 1 aliphatic rings. The minimum Gasteiger partial charge on any atom is -0.383 e. The Labute approximate surface area is 168 Å². The molecule has 7 nitrogen and oxygen atoms in total. The predicted molar refractivity (Wildman–Crippen MR) is 108 cm³/mol. The van der Waals surface area contributed by atoms with E-state index in [-0.39, 0.29) is 11.8 Å². The van der Waals surface area contributed by atoms with Gasteiger partial charge in [0.15, 0.2) is 0 Å². The number of carbonyl (C=O) groups is 1. The second-order valence-corrected chi connectivity index (χ2v) is 9.17. The zero-order chi connectivity index (χ0) is 20.7. The molecule has 0 saturated carbocycles. The van der Waals surface area contributed by atoms with Gasteiger partial charge < -0.3 is 14.4 Å². The number of ether oxygens (including phenoxy) is 2. The van der Waals surface area contributed by atoms with E-state index >= 15 is 0 Å². The zero-order valence-corrected chi connectivity index (χ0v) is 18.1. The zero-order valence-electron chi connectivity index (χ0n) is 17.3. The van der Waals surface area contributed by atoms with Gasteiger partial charge in [0.05, 0.1) is 18.1 Å². The second-order valence-electron chi connectivity index (χ2n) is 7.24. The summed E-state index contributed by atoms with van der Waals surface area (Å²) in [6.45, 7) is 6.54. The molecule has 8 heteroatoms. The average Bonchev–Trinajstić information content (AvgIpc) is 2.69. The highest BCUT2D eigenvalue weighted by Crippen LogP contribution is 2.26. The van der Waals surface area contributed by atoms with Gasteiger partial charge in [0.1, 0.15) is 0 Å². The molecule has 1 fully saturated rings. The first kappa shape index (κ1) is 22.8. The summed E-state index contributed by atoms with van der Waals surface area (Å²) in [7, 11) is -0.318. The van der Waals surface area contributed by atoms with Crippen LogP contribution in [-0.4, -0.2) is 77.1 Å². The minimum atomic E-state index is -3.53. The molecule has 158 valence electrons. The Balaban J connectivity index is 2.01. The third-order valence-electron chi connectivity index (χ3n) is 5.36. The van der Waals surface area contributed by atoms with Gasteiger partial charge in [0.25, 0.3) is 0 Å². The fourth-order valence-electron chi connectivity index (χ4n) is 3.36. The molecule has 28 heavy (non-hydrogen) atoms. The minimum absolute atomic E-state index is 0.0531. The molecule has 0 aliphatic carbocycles. The van der Waals surface area contributed by atoms with Crippen molar-refractivity contribution in [2.24, 2.45) is 5.92 Å². The molecule has 1 heterocycles. The molecule has 0 atom stereocenters. The molecule has 0 aromatic heterocycles. The van der Waals surface area contributed by atoms with Crippen molar-refractivity contribution < 1.29 is 22.7 Å². The van der Waals surface area contributed by atoms with Gasteiger partial charge in [0.2, 0.25) is 15.9 Å². The molecular weight excluding hydrogens is 380 g/mol. The first-order valence-electron chi connectivity index (χ1n) is 9.65. The van der Waals surface area contributed by atoms with Crippen LogP contribution < -0.4 is 0 Å². The second kappa shape index (κ2) is 10.3. The van der Waals surface area contributed by atoms with Crippen LogP contribution in [0.25, 0.3) is 0 Å². The Morgan fingerprint density at radius 3 is 2.14 bits per heavy atom. The van der Waals surface area contributed by atoms with E-state index in [1.54, 1.807) is 31.3 Å². The SMILES string of the molecule is COCCN(CCOC)C(=O)C1CCN(S(=O)(=O)c2ccc(C)c(C)c2)CC1. The first-order valence-corrected chi connectivity index (χ1v) is 11.1. The van der Waals surface area contributed by atoms with E-state index in [0.717, 1.165) is 11.1 Å². The van der Waals surface area contributed by atoms with E-state index in [9.17, 15) is 13.2 Å². The number of amides is 1. The smallest absolute Gasteiger partial charge is 0.243 e. The monoisotopic (exact) mass is 412 g/mol. The van der Waals surface area contributed by atoms with Crippen molar-refractivity contribution in [2.75, 3.05) is 53.6 Å². The van der Waals surface area contributed by atoms with E-state index in [0.29, 0.717) is 57.1 Å². The third kappa shape index (κ3) is 5.53. The van der Waals surface area contributed by atoms with Crippen LogP contribution in [0.15, 0.2) is 23.1 Å². The van der Waals surface area contributed by atoms with E-state index in [1.165, 1.54) is 4.31 Å². The predicted octanol–water partition coefficient (Wildman–Crippen LogP) is 1.83. The van der Waals surface area contributed by atoms with Crippen molar-refractivity contribution in [1.82, 2.24) is 9.21 Å². The first-order chi connectivity index (χ1) is 13.3. The molecule has 1 saturated heterocycles. The Kier molecular flexibility index (Phi) is 8.42. The highest BCUT2D eigenvalue weighted by atomic mass is 32.2. The summed E-state index contributed by atoms with van der Waals surface area (Å²) < 4.78 is 37.6. The van der Waals surface area contributed by atoms with E-state index in [1.807, 2.05) is 19.9 Å². The number of methoxy groups -OCH3 is 2. The lowest BCUT2D eigenvalue weighted by molar-refractivity contribution is -0.138. The summed E-state index contributed by atoms with van der Waals surface area (Å²) in [6, 6.07) is 5.22. The van der Waals surface area contributed by atoms with E-state index in [4.69, 9.17) is 9.47 Å². The number of hydrogen-bond donors (Lipinski definition) is 0. The number of benzene rings is 1. The standard InChI is InChI=1S/C20H32N2O5S/c1-16-5-6-19(15-17(16)2)28(24,25)22-9-7-18(8-10-22)20(23)21(11-13-26-3)12-14-27-4/h5-6,15,18H,7-14H2,1-4H3. The number of hydrogen-bond acceptors (Lipinski definition) is 5. The molecule has 1 aliphatic heterocycles. The molecule has 0 spiro atoms. The Morgan fingerprint density at radius 1 is 1.07 bits per heavy atom. The number of aryl methyl sites for hydroxylation is 2. The van der Waals surface area contributed by atoms with Crippen LogP contribution in [0.2, 0.25) is 0 Å². The molecule has 2 rings (SSSR count). The highest BCUT2D eigenvalue weighted by Gasteiger charge is 2.33. The van der Waals surface area contributed by atoms with E-state index < -0.39 is 10.0 Å². The number of rotatable bonds is 9. The van der Waals surface area contributed by atoms with Crippen LogP contribution in [0.3, 0.4) is 0 Å². The van der Waals surface area contributed by atoms with Crippen molar-refractivity contribution in [3.8, 4) is 0 Å². The maximum atomic E-state index is 12.9. The highest BCUT2D eigenvalue weighted by molar-refractivity contribution is 7.89. The summed E-state index contributed by atoms with van der Waals surface area (Å²) >= 11 is 0. The fourth-order valence-corrected chi connectivity index (χ4v) is 4.92. The van der Waals surface area contributed by atoms with Crippen LogP contribution >= 0.6 is 0 Å². The Bertz CT molecular complexity index is 750. The van der Waals surface area contributed by atoms with Crippen LogP contribution in [-0.2, 0) is 24.3 Å². The lowest BCUT2D eigenvalue weighted by Crippen LogP contribution is -2.46. The Morgan fingerprint density at radius 2 is 1.64 bits per heavy atom. The van der Waals surface area contributed by atoms with Gasteiger partial charge in [0, 0.05) is 46.3 Å². The molecule has 0 unspecified atom stereocenters. The average molecular weight is 413 g/mol. The summed E-state index contributed by atoms with van der Waals surface area (Å²) in [6.07, 6.45) is 1.05. The van der Waals surface area contributed by atoms with Gasteiger partial charge in [-0.2, -0.15) is 4.31 Å². The molecule has 1 aromatic carbocycles. The molecule has 1 aromatic rings. The van der Waals surface area contributed by atoms with Crippen LogP contribution in [0.1, 0.15) is 24.0 Å². The quantitative estimate of drug-likeness (QED) is 0.618. The van der Waals surface area contributed by atoms with E-state index in [2.05, 4.69) is 0 Å². The summed E-state index contributed by atoms with van der Waals surface area (Å²) in [5.41, 5.74) is 2.02. The van der Waals surface area contributed by atoms with Gasteiger partial charge >= 0.3 is 0 Å². The van der Waals surface area contributed by atoms with Crippen LogP contribution in [0.5, 0.6) is 0 Å². The summed E-state index contributed by atoms with van der Waals surface area (Å²) in [5.74, 6) is -0.114. The van der Waals surface area contributed by atoms with Crippen LogP contribution in [0.4, 0.5) is 0 Å². The lowest BCUT2D eigenvalue weighted by Gasteiger charge is -2.33.